The van der Waals surface area contributed by atoms with Crippen molar-refractivity contribution >= 4 is 18.1 Å². The number of carbonyl (C=O) groups excluding carboxylic acids is 2. The van der Waals surface area contributed by atoms with E-state index < -0.39 is 10.5 Å². The lowest BCUT2D eigenvalue weighted by Crippen LogP contribution is -2.42. The van der Waals surface area contributed by atoms with Crippen LogP contribution in [0.2, 0.25) is 0 Å². The average molecular weight is 364 g/mol. The van der Waals surface area contributed by atoms with Crippen LogP contribution < -0.4 is 4.74 Å². The number of nitro groups is 1. The molecule has 26 heavy (non-hydrogen) atoms. The fourth-order valence-corrected chi connectivity index (χ4v) is 2.69. The highest BCUT2D eigenvalue weighted by Gasteiger charge is 2.27. The Balaban J connectivity index is 1.86. The number of nitro benzene ring substituents is 1. The highest BCUT2D eigenvalue weighted by molar-refractivity contribution is 5.80. The van der Waals surface area contributed by atoms with Crippen molar-refractivity contribution in [2.45, 2.75) is 39.2 Å². The molecule has 1 fully saturated rings. The van der Waals surface area contributed by atoms with Crippen LogP contribution in [0.3, 0.4) is 0 Å². The van der Waals surface area contributed by atoms with Crippen molar-refractivity contribution in [2.75, 3.05) is 19.7 Å². The molecule has 0 saturated carbocycles. The molecule has 1 aromatic rings. The normalized spacial score (nSPS) is 15.4. The molecule has 1 aliphatic heterocycles. The third-order valence-electron chi connectivity index (χ3n) is 4.07. The summed E-state index contributed by atoms with van der Waals surface area (Å²) in [6.45, 7) is 7.06. The van der Waals surface area contributed by atoms with Gasteiger partial charge in [-0.05, 0) is 45.6 Å². The number of rotatable bonds is 5. The smallest absolute Gasteiger partial charge is 0.410 e. The van der Waals surface area contributed by atoms with Gasteiger partial charge in [-0.2, -0.15) is 0 Å². The highest BCUT2D eigenvalue weighted by atomic mass is 16.6. The van der Waals surface area contributed by atoms with E-state index in [1.165, 1.54) is 18.2 Å². The van der Waals surface area contributed by atoms with Gasteiger partial charge in [0, 0.05) is 25.2 Å². The number of hydrogen-bond donors (Lipinski definition) is 0. The molecule has 1 aliphatic rings. The highest BCUT2D eigenvalue weighted by Crippen LogP contribution is 2.25. The molecule has 0 aliphatic carbocycles. The first-order valence-corrected chi connectivity index (χ1v) is 8.54. The first-order chi connectivity index (χ1) is 12.2. The van der Waals surface area contributed by atoms with Crippen LogP contribution in [0.1, 0.15) is 44.0 Å². The van der Waals surface area contributed by atoms with Crippen LogP contribution in [0.4, 0.5) is 10.5 Å². The minimum absolute atomic E-state index is 0.148. The minimum Gasteiger partial charge on any atom is -0.493 e. The molecule has 8 nitrogen and oxygen atoms in total. The van der Waals surface area contributed by atoms with Crippen molar-refractivity contribution in [3.63, 3.8) is 0 Å². The summed E-state index contributed by atoms with van der Waals surface area (Å²) in [5.74, 6) is 0.573. The summed E-state index contributed by atoms with van der Waals surface area (Å²) in [5.41, 5.74) is -0.506. The average Bonchev–Trinajstić information content (AvgIpc) is 2.58. The molecule has 0 bridgehead atoms. The number of amides is 1. The van der Waals surface area contributed by atoms with Crippen LogP contribution in [-0.4, -0.2) is 47.5 Å². The molecule has 0 atom stereocenters. The van der Waals surface area contributed by atoms with Crippen molar-refractivity contribution in [3.05, 3.63) is 33.9 Å². The summed E-state index contributed by atoms with van der Waals surface area (Å²) in [7, 11) is 0. The summed E-state index contributed by atoms with van der Waals surface area (Å²) < 4.78 is 11.1. The lowest BCUT2D eigenvalue weighted by molar-refractivity contribution is -0.384. The zero-order valence-corrected chi connectivity index (χ0v) is 15.3. The van der Waals surface area contributed by atoms with Gasteiger partial charge >= 0.3 is 6.09 Å². The zero-order chi connectivity index (χ0) is 19.3. The van der Waals surface area contributed by atoms with E-state index in [-0.39, 0.29) is 23.3 Å². The van der Waals surface area contributed by atoms with Crippen LogP contribution in [0.5, 0.6) is 5.75 Å². The Bertz CT molecular complexity index is 675. The number of carbonyl (C=O) groups is 2. The van der Waals surface area contributed by atoms with E-state index in [0.29, 0.717) is 31.7 Å². The fraction of sp³-hybridized carbons (Fsp3) is 0.556. The Morgan fingerprint density at radius 2 is 2.00 bits per heavy atom. The van der Waals surface area contributed by atoms with Crippen LogP contribution in [-0.2, 0) is 4.74 Å². The molecule has 0 spiro atoms. The predicted octanol–water partition coefficient (Wildman–Crippen LogP) is 3.43. The van der Waals surface area contributed by atoms with Crippen molar-refractivity contribution in [1.29, 1.82) is 0 Å². The van der Waals surface area contributed by atoms with Crippen molar-refractivity contribution in [1.82, 2.24) is 4.90 Å². The van der Waals surface area contributed by atoms with Gasteiger partial charge in [0.25, 0.3) is 5.69 Å². The van der Waals surface area contributed by atoms with Crippen molar-refractivity contribution in [3.8, 4) is 5.75 Å². The zero-order valence-electron chi connectivity index (χ0n) is 15.3. The minimum atomic E-state index is -0.552. The van der Waals surface area contributed by atoms with Crippen LogP contribution in [0, 0.1) is 16.0 Å². The molecule has 2 rings (SSSR count). The third kappa shape index (κ3) is 5.44. The quantitative estimate of drug-likeness (QED) is 0.451. The van der Waals surface area contributed by atoms with E-state index in [1.807, 2.05) is 20.8 Å². The third-order valence-corrected chi connectivity index (χ3v) is 4.07. The van der Waals surface area contributed by atoms with E-state index in [2.05, 4.69) is 0 Å². The van der Waals surface area contributed by atoms with E-state index in [0.717, 1.165) is 12.8 Å². The monoisotopic (exact) mass is 364 g/mol. The Morgan fingerprint density at radius 1 is 1.35 bits per heavy atom. The first kappa shape index (κ1) is 19.7. The van der Waals surface area contributed by atoms with Gasteiger partial charge in [-0.25, -0.2) is 4.79 Å². The number of hydrogen-bond acceptors (Lipinski definition) is 6. The predicted molar refractivity (Wildman–Crippen MR) is 94.5 cm³/mol. The van der Waals surface area contributed by atoms with Gasteiger partial charge in [0.05, 0.1) is 17.1 Å². The first-order valence-electron chi connectivity index (χ1n) is 8.54. The number of benzene rings is 1. The molecule has 0 radical (unpaired) electrons. The van der Waals surface area contributed by atoms with E-state index in [9.17, 15) is 19.7 Å². The van der Waals surface area contributed by atoms with Gasteiger partial charge in [0.2, 0.25) is 0 Å². The SMILES string of the molecule is CC(C)(C)OC(=O)N1CCC(COc2ccc([N+](=O)[O-])cc2C=O)CC1. The van der Waals surface area contributed by atoms with E-state index in [1.54, 1.807) is 4.90 Å². The van der Waals surface area contributed by atoms with Gasteiger partial charge in [0.15, 0.2) is 6.29 Å². The van der Waals surface area contributed by atoms with Crippen LogP contribution >= 0.6 is 0 Å². The summed E-state index contributed by atoms with van der Waals surface area (Å²) in [6, 6.07) is 3.96. The number of likely N-dealkylation sites (tertiary alicyclic amines) is 1. The molecule has 142 valence electrons. The van der Waals surface area contributed by atoms with E-state index >= 15 is 0 Å². The lowest BCUT2D eigenvalue weighted by Gasteiger charge is -2.33. The van der Waals surface area contributed by atoms with Crippen molar-refractivity contribution in [2.24, 2.45) is 5.92 Å². The second kappa shape index (κ2) is 8.16. The summed E-state index contributed by atoms with van der Waals surface area (Å²) >= 11 is 0. The number of aldehydes is 1. The van der Waals surface area contributed by atoms with Gasteiger partial charge in [0.1, 0.15) is 11.4 Å². The fourth-order valence-electron chi connectivity index (χ4n) is 2.69. The molecule has 0 N–H and O–H groups in total. The van der Waals surface area contributed by atoms with E-state index in [4.69, 9.17) is 9.47 Å². The van der Waals surface area contributed by atoms with Crippen molar-refractivity contribution < 1.29 is 24.0 Å². The lowest BCUT2D eigenvalue weighted by atomic mass is 9.98. The Morgan fingerprint density at radius 3 is 2.54 bits per heavy atom. The summed E-state index contributed by atoms with van der Waals surface area (Å²) in [6.07, 6.45) is 1.77. The molecule has 8 heteroatoms. The summed E-state index contributed by atoms with van der Waals surface area (Å²) in [4.78, 5) is 35.1. The molecular formula is C18H24N2O6. The molecular weight excluding hydrogens is 340 g/mol. The van der Waals surface area contributed by atoms with Gasteiger partial charge < -0.3 is 14.4 Å². The maximum absolute atomic E-state index is 12.0. The van der Waals surface area contributed by atoms with Gasteiger partial charge in [-0.3, -0.25) is 14.9 Å². The number of nitrogens with zero attached hydrogens (tertiary/aromatic N) is 2. The Labute approximate surface area is 152 Å². The standard InChI is InChI=1S/C18H24N2O6/c1-18(2,3)26-17(22)19-8-6-13(7-9-19)12-25-16-5-4-15(20(23)24)10-14(16)11-21/h4-5,10-11,13H,6-9,12H2,1-3H3. The Hall–Kier alpha value is -2.64. The topological polar surface area (TPSA) is 99.0 Å². The molecule has 1 heterocycles. The number of ether oxygens (including phenoxy) is 2. The maximum atomic E-state index is 12.0. The molecule has 1 saturated heterocycles. The van der Waals surface area contributed by atoms with Crippen LogP contribution in [0.25, 0.3) is 0 Å². The molecule has 1 amide bonds. The molecule has 0 aromatic heterocycles. The number of non-ortho nitro benzene ring substituents is 1. The summed E-state index contributed by atoms with van der Waals surface area (Å²) in [5, 5.41) is 10.8. The van der Waals surface area contributed by atoms with Gasteiger partial charge in [-0.1, -0.05) is 0 Å². The number of piperidine rings is 1. The Kier molecular flexibility index (Phi) is 6.18. The van der Waals surface area contributed by atoms with Crippen LogP contribution in [0.15, 0.2) is 18.2 Å². The molecule has 0 unspecified atom stereocenters. The second-order valence-corrected chi connectivity index (χ2v) is 7.32. The van der Waals surface area contributed by atoms with Gasteiger partial charge in [-0.15, -0.1) is 0 Å². The second-order valence-electron chi connectivity index (χ2n) is 7.32. The molecule has 1 aromatic carbocycles. The maximum Gasteiger partial charge on any atom is 0.410 e. The largest absolute Gasteiger partial charge is 0.493 e.